The van der Waals surface area contributed by atoms with Gasteiger partial charge in [0.25, 0.3) is 0 Å². The van der Waals surface area contributed by atoms with Gasteiger partial charge in [-0.1, -0.05) is 11.6 Å². The topological polar surface area (TPSA) is 89.2 Å². The number of rotatable bonds is 2. The molecule has 0 radical (unpaired) electrons. The number of ether oxygens (including phenoxy) is 2. The Labute approximate surface area is 183 Å². The zero-order valence-electron chi connectivity index (χ0n) is 17.4. The molecule has 1 N–H and O–H groups in total. The number of hydrogen-bond acceptors (Lipinski definition) is 6. The quantitative estimate of drug-likeness (QED) is 0.684. The number of amides is 1. The van der Waals surface area contributed by atoms with Crippen molar-refractivity contribution in [2.24, 2.45) is 0 Å². The summed E-state index contributed by atoms with van der Waals surface area (Å²) in [4.78, 5) is 23.1. The second kappa shape index (κ2) is 7.68. The second-order valence-corrected chi connectivity index (χ2v) is 9.85. The van der Waals surface area contributed by atoms with E-state index in [9.17, 15) is 9.90 Å². The second-order valence-electron chi connectivity index (χ2n) is 8.74. The van der Waals surface area contributed by atoms with Gasteiger partial charge in [-0.25, -0.2) is 14.8 Å². The Balaban J connectivity index is 2.04. The average molecular weight is 490 g/mol. The van der Waals surface area contributed by atoms with E-state index < -0.39 is 23.4 Å². The predicted molar refractivity (Wildman–Crippen MR) is 112 cm³/mol. The van der Waals surface area contributed by atoms with E-state index >= 15 is 0 Å². The molecule has 8 nitrogen and oxygen atoms in total. The molecule has 0 aromatic carbocycles. The highest BCUT2D eigenvalue weighted by molar-refractivity contribution is 9.10. The maximum atomic E-state index is 12.7. The number of imidazole rings is 1. The molecule has 1 fully saturated rings. The smallest absolute Gasteiger partial charge is 0.410 e. The van der Waals surface area contributed by atoms with Crippen LogP contribution in [0.5, 0.6) is 0 Å². The van der Waals surface area contributed by atoms with Crippen LogP contribution < -0.4 is 0 Å². The lowest BCUT2D eigenvalue weighted by Gasteiger charge is -2.38. The molecule has 0 unspecified atom stereocenters. The predicted octanol–water partition coefficient (Wildman–Crippen LogP) is 4.07. The molecule has 10 heteroatoms. The molecular formula is C19H26BrClN4O4. The number of carbonyl (C=O) groups excluding carboxylic acids is 1. The van der Waals surface area contributed by atoms with Gasteiger partial charge in [-0.15, -0.1) is 0 Å². The van der Waals surface area contributed by atoms with Gasteiger partial charge in [0, 0.05) is 0 Å². The van der Waals surface area contributed by atoms with E-state index in [1.807, 2.05) is 27.7 Å². The monoisotopic (exact) mass is 488 g/mol. The molecule has 3 rings (SSSR count). The zero-order valence-corrected chi connectivity index (χ0v) is 19.7. The lowest BCUT2D eigenvalue weighted by atomic mass is 10.1. The van der Waals surface area contributed by atoms with Crippen molar-refractivity contribution in [3.63, 3.8) is 0 Å². The molecule has 0 bridgehead atoms. The fraction of sp³-hybridized carbons (Fsp3) is 0.632. The van der Waals surface area contributed by atoms with Crippen molar-refractivity contribution in [1.29, 1.82) is 0 Å². The Morgan fingerprint density at radius 2 is 2.03 bits per heavy atom. The van der Waals surface area contributed by atoms with Crippen LogP contribution in [0.2, 0.25) is 5.15 Å². The Morgan fingerprint density at radius 1 is 1.38 bits per heavy atom. The van der Waals surface area contributed by atoms with Crippen LogP contribution in [0.3, 0.4) is 0 Å². The first kappa shape index (κ1) is 22.3. The van der Waals surface area contributed by atoms with E-state index in [0.717, 1.165) is 0 Å². The first-order valence-electron chi connectivity index (χ1n) is 9.36. The van der Waals surface area contributed by atoms with E-state index in [2.05, 4.69) is 25.9 Å². The SMILES string of the molecule is C[C@H]1CO[C@@H](c2nc(Br)c3c(Cl)ncc(C(C)(C)O)n23)CN1C(=O)OC(C)(C)C. The molecule has 1 saturated heterocycles. The van der Waals surface area contributed by atoms with E-state index in [0.29, 0.717) is 28.2 Å². The van der Waals surface area contributed by atoms with Crippen molar-refractivity contribution in [3.8, 4) is 0 Å². The van der Waals surface area contributed by atoms with E-state index in [1.165, 1.54) is 6.20 Å². The van der Waals surface area contributed by atoms with Crippen LogP contribution in [0, 0.1) is 0 Å². The number of fused-ring (bicyclic) bond motifs is 1. The molecule has 2 aromatic rings. The van der Waals surface area contributed by atoms with Gasteiger partial charge in [0.2, 0.25) is 0 Å². The molecule has 160 valence electrons. The van der Waals surface area contributed by atoms with Gasteiger partial charge in [-0.05, 0) is 57.5 Å². The highest BCUT2D eigenvalue weighted by atomic mass is 79.9. The van der Waals surface area contributed by atoms with Crippen LogP contribution in [0.1, 0.15) is 59.2 Å². The lowest BCUT2D eigenvalue weighted by molar-refractivity contribution is -0.0702. The first-order valence-corrected chi connectivity index (χ1v) is 10.5. The minimum absolute atomic E-state index is 0.144. The fourth-order valence-electron chi connectivity index (χ4n) is 3.20. The molecule has 2 aromatic heterocycles. The van der Waals surface area contributed by atoms with Crippen LogP contribution in [0.4, 0.5) is 4.79 Å². The maximum Gasteiger partial charge on any atom is 0.410 e. The van der Waals surface area contributed by atoms with Gasteiger partial charge < -0.3 is 19.5 Å². The highest BCUT2D eigenvalue weighted by Gasteiger charge is 2.37. The molecule has 3 heterocycles. The Hall–Kier alpha value is -1.42. The van der Waals surface area contributed by atoms with Crippen molar-refractivity contribution in [1.82, 2.24) is 19.3 Å². The third-order valence-corrected chi connectivity index (χ3v) is 5.40. The van der Waals surface area contributed by atoms with Crippen LogP contribution in [0.25, 0.3) is 5.52 Å². The molecule has 0 saturated carbocycles. The summed E-state index contributed by atoms with van der Waals surface area (Å²) >= 11 is 9.74. The van der Waals surface area contributed by atoms with Crippen LogP contribution in [-0.4, -0.2) is 55.3 Å². The number of carbonyl (C=O) groups is 1. The summed E-state index contributed by atoms with van der Waals surface area (Å²) in [5.74, 6) is 0.522. The Morgan fingerprint density at radius 3 is 2.62 bits per heavy atom. The fourth-order valence-corrected chi connectivity index (χ4v) is 4.09. The van der Waals surface area contributed by atoms with Crippen molar-refractivity contribution in [2.75, 3.05) is 13.2 Å². The van der Waals surface area contributed by atoms with Gasteiger partial charge in [0.15, 0.2) is 5.15 Å². The summed E-state index contributed by atoms with van der Waals surface area (Å²) in [6.07, 6.45) is 0.585. The van der Waals surface area contributed by atoms with Crippen molar-refractivity contribution >= 4 is 39.1 Å². The normalized spacial score (nSPS) is 20.9. The summed E-state index contributed by atoms with van der Waals surface area (Å²) in [5, 5.41) is 10.9. The number of nitrogens with zero attached hydrogens (tertiary/aromatic N) is 4. The minimum atomic E-state index is -1.20. The molecular weight excluding hydrogens is 464 g/mol. The number of aliphatic hydroxyl groups is 1. The van der Waals surface area contributed by atoms with E-state index in [-0.39, 0.29) is 17.7 Å². The Kier molecular flexibility index (Phi) is 5.90. The van der Waals surface area contributed by atoms with Gasteiger partial charge in [0.05, 0.1) is 31.1 Å². The van der Waals surface area contributed by atoms with Gasteiger partial charge in [-0.2, -0.15) is 0 Å². The molecule has 1 aliphatic rings. The van der Waals surface area contributed by atoms with Crippen molar-refractivity contribution < 1.29 is 19.4 Å². The molecule has 1 amide bonds. The van der Waals surface area contributed by atoms with Gasteiger partial charge >= 0.3 is 6.09 Å². The molecule has 0 aliphatic carbocycles. The summed E-state index contributed by atoms with van der Waals surface area (Å²) in [6, 6.07) is -0.144. The summed E-state index contributed by atoms with van der Waals surface area (Å²) in [7, 11) is 0. The number of hydrogen-bond donors (Lipinski definition) is 1. The maximum absolute atomic E-state index is 12.7. The highest BCUT2D eigenvalue weighted by Crippen LogP contribution is 2.35. The van der Waals surface area contributed by atoms with Crippen LogP contribution in [-0.2, 0) is 15.1 Å². The van der Waals surface area contributed by atoms with E-state index in [4.69, 9.17) is 21.1 Å². The number of morpholine rings is 1. The van der Waals surface area contributed by atoms with Crippen LogP contribution in [0.15, 0.2) is 10.8 Å². The van der Waals surface area contributed by atoms with Crippen molar-refractivity contribution in [3.05, 3.63) is 27.5 Å². The zero-order chi connectivity index (χ0) is 21.7. The number of aromatic nitrogens is 3. The molecule has 2 atom stereocenters. The largest absolute Gasteiger partial charge is 0.444 e. The third-order valence-electron chi connectivity index (χ3n) is 4.57. The summed E-state index contributed by atoms with van der Waals surface area (Å²) < 4.78 is 13.8. The summed E-state index contributed by atoms with van der Waals surface area (Å²) in [5.41, 5.74) is -0.748. The lowest BCUT2D eigenvalue weighted by Crippen LogP contribution is -2.50. The number of halogens is 2. The molecule has 29 heavy (non-hydrogen) atoms. The third kappa shape index (κ3) is 4.52. The first-order chi connectivity index (χ1) is 13.3. The van der Waals surface area contributed by atoms with Crippen LogP contribution >= 0.6 is 27.5 Å². The molecule has 0 spiro atoms. The van der Waals surface area contributed by atoms with Gasteiger partial charge in [-0.3, -0.25) is 4.40 Å². The molecule has 1 aliphatic heterocycles. The van der Waals surface area contributed by atoms with Crippen molar-refractivity contribution in [2.45, 2.75) is 64.9 Å². The average Bonchev–Trinajstić information content (AvgIpc) is 2.91. The standard InChI is InChI=1S/C19H26BrClN4O4/c1-10-9-28-11(8-24(10)17(26)29-18(2,3)4)16-23-14(20)13-15(21)22-7-12(25(13)16)19(5,6)27/h7,10-11,27H,8-9H2,1-6H3/t10-,11+/m0/s1. The minimum Gasteiger partial charge on any atom is -0.444 e. The summed E-state index contributed by atoms with van der Waals surface area (Å²) in [6.45, 7) is 11.3. The van der Waals surface area contributed by atoms with E-state index in [1.54, 1.807) is 23.1 Å². The Bertz CT molecular complexity index is 935. The van der Waals surface area contributed by atoms with Gasteiger partial charge in [0.1, 0.15) is 33.3 Å².